The number of hydrogen-bond acceptors (Lipinski definition) is 3. The van der Waals surface area contributed by atoms with Crippen LogP contribution in [0.5, 0.6) is 5.75 Å². The predicted molar refractivity (Wildman–Crippen MR) is 82.1 cm³/mol. The molecule has 0 aliphatic carbocycles. The molecule has 0 unspecified atom stereocenters. The maximum Gasteiger partial charge on any atom is 0.225 e. The van der Waals surface area contributed by atoms with Gasteiger partial charge in [0, 0.05) is 44.0 Å². The molecule has 1 aromatic carbocycles. The molecular weight excluding hydrogens is 321 g/mol. The zero-order chi connectivity index (χ0) is 17.1. The molecule has 2 aliphatic rings. The molecule has 2 saturated heterocycles. The molecule has 1 amide bonds. The van der Waals surface area contributed by atoms with Gasteiger partial charge in [-0.3, -0.25) is 4.79 Å². The van der Waals surface area contributed by atoms with Crippen LogP contribution in [0.3, 0.4) is 0 Å². The van der Waals surface area contributed by atoms with E-state index in [4.69, 9.17) is 4.74 Å². The average Bonchev–Trinajstić information content (AvgIpc) is 2.59. The minimum absolute atomic E-state index is 0.0655. The van der Waals surface area contributed by atoms with Crippen LogP contribution in [0.4, 0.5) is 13.2 Å². The van der Waals surface area contributed by atoms with Crippen LogP contribution < -0.4 is 10.1 Å². The Balaban J connectivity index is 1.55. The van der Waals surface area contributed by atoms with E-state index in [0.29, 0.717) is 38.1 Å². The first-order chi connectivity index (χ1) is 11.5. The van der Waals surface area contributed by atoms with Crippen LogP contribution in [0.2, 0.25) is 0 Å². The van der Waals surface area contributed by atoms with E-state index in [0.717, 1.165) is 25.9 Å². The molecule has 2 heterocycles. The zero-order valence-electron chi connectivity index (χ0n) is 13.4. The third kappa shape index (κ3) is 3.83. The van der Waals surface area contributed by atoms with Crippen molar-refractivity contribution in [3.63, 3.8) is 0 Å². The van der Waals surface area contributed by atoms with Crippen molar-refractivity contribution in [2.45, 2.75) is 31.8 Å². The summed E-state index contributed by atoms with van der Waals surface area (Å²) in [6, 6.07) is 1.21. The molecule has 24 heavy (non-hydrogen) atoms. The topological polar surface area (TPSA) is 41.6 Å². The molecular formula is C17H21F3N2O2. The third-order valence-corrected chi connectivity index (χ3v) is 4.69. The van der Waals surface area contributed by atoms with Gasteiger partial charge in [0.05, 0.1) is 0 Å². The SMILES string of the molecule is O=C(C1CCNCC1)N1CCC(Oc2c(F)cc(F)cc2F)CC1. The fraction of sp³-hybridized carbons (Fsp3) is 0.588. The van der Waals surface area contributed by atoms with E-state index < -0.39 is 23.2 Å². The Morgan fingerprint density at radius 1 is 1.04 bits per heavy atom. The Kier molecular flexibility index (Phi) is 5.28. The number of rotatable bonds is 3. The van der Waals surface area contributed by atoms with Crippen LogP contribution in [-0.2, 0) is 4.79 Å². The molecule has 0 bridgehead atoms. The molecule has 3 rings (SSSR count). The minimum Gasteiger partial charge on any atom is -0.484 e. The normalized spacial score (nSPS) is 20.2. The molecule has 0 aromatic heterocycles. The van der Waals surface area contributed by atoms with E-state index >= 15 is 0 Å². The summed E-state index contributed by atoms with van der Waals surface area (Å²) >= 11 is 0. The van der Waals surface area contributed by atoms with Crippen molar-refractivity contribution >= 4 is 5.91 Å². The summed E-state index contributed by atoms with van der Waals surface area (Å²) in [5.41, 5.74) is 0. The van der Waals surface area contributed by atoms with Crippen molar-refractivity contribution < 1.29 is 22.7 Å². The zero-order valence-corrected chi connectivity index (χ0v) is 13.4. The van der Waals surface area contributed by atoms with Gasteiger partial charge in [0.15, 0.2) is 17.4 Å². The molecule has 1 aromatic rings. The van der Waals surface area contributed by atoms with Gasteiger partial charge in [-0.2, -0.15) is 0 Å². The largest absolute Gasteiger partial charge is 0.484 e. The summed E-state index contributed by atoms with van der Waals surface area (Å²) in [5.74, 6) is -3.37. The number of benzene rings is 1. The Bertz CT molecular complexity index is 574. The molecule has 2 fully saturated rings. The number of carbonyl (C=O) groups is 1. The highest BCUT2D eigenvalue weighted by Gasteiger charge is 2.30. The van der Waals surface area contributed by atoms with Crippen LogP contribution >= 0.6 is 0 Å². The van der Waals surface area contributed by atoms with Gasteiger partial charge in [-0.25, -0.2) is 13.2 Å². The fourth-order valence-electron chi connectivity index (χ4n) is 3.33. The van der Waals surface area contributed by atoms with E-state index in [2.05, 4.69) is 5.32 Å². The number of hydrogen-bond donors (Lipinski definition) is 1. The summed E-state index contributed by atoms with van der Waals surface area (Å²) in [7, 11) is 0. The summed E-state index contributed by atoms with van der Waals surface area (Å²) in [6.45, 7) is 2.74. The van der Waals surface area contributed by atoms with E-state index in [9.17, 15) is 18.0 Å². The second kappa shape index (κ2) is 7.42. The number of amides is 1. The van der Waals surface area contributed by atoms with Crippen molar-refractivity contribution in [1.29, 1.82) is 0 Å². The van der Waals surface area contributed by atoms with Gasteiger partial charge < -0.3 is 15.0 Å². The standard InChI is InChI=1S/C17H21F3N2O2/c18-12-9-14(19)16(15(20)10-12)24-13-3-7-22(8-4-13)17(23)11-1-5-21-6-2-11/h9-11,13,21H,1-8H2. The average molecular weight is 342 g/mol. The van der Waals surface area contributed by atoms with Crippen molar-refractivity contribution in [2.75, 3.05) is 26.2 Å². The van der Waals surface area contributed by atoms with E-state index in [-0.39, 0.29) is 17.9 Å². The first kappa shape index (κ1) is 17.1. The van der Waals surface area contributed by atoms with Crippen molar-refractivity contribution in [3.8, 4) is 5.75 Å². The number of ether oxygens (including phenoxy) is 1. The maximum absolute atomic E-state index is 13.6. The summed E-state index contributed by atoms with van der Waals surface area (Å²) < 4.78 is 45.6. The molecule has 7 heteroatoms. The van der Waals surface area contributed by atoms with Gasteiger partial charge in [-0.05, 0) is 25.9 Å². The molecule has 0 saturated carbocycles. The lowest BCUT2D eigenvalue weighted by atomic mass is 9.95. The number of carbonyl (C=O) groups excluding carboxylic acids is 1. The number of halogens is 3. The van der Waals surface area contributed by atoms with Gasteiger partial charge in [0.25, 0.3) is 0 Å². The predicted octanol–water partition coefficient (Wildman–Crippen LogP) is 2.47. The Labute approximate surface area is 139 Å². The maximum atomic E-state index is 13.6. The van der Waals surface area contributed by atoms with E-state index in [1.807, 2.05) is 4.90 Å². The van der Waals surface area contributed by atoms with Crippen molar-refractivity contribution in [1.82, 2.24) is 10.2 Å². The van der Waals surface area contributed by atoms with E-state index in [1.54, 1.807) is 0 Å². The Hall–Kier alpha value is -1.76. The smallest absolute Gasteiger partial charge is 0.225 e. The highest BCUT2D eigenvalue weighted by Crippen LogP contribution is 2.27. The van der Waals surface area contributed by atoms with Gasteiger partial charge in [-0.1, -0.05) is 0 Å². The lowest BCUT2D eigenvalue weighted by Gasteiger charge is -2.35. The van der Waals surface area contributed by atoms with Crippen LogP contribution in [0.15, 0.2) is 12.1 Å². The van der Waals surface area contributed by atoms with Gasteiger partial charge in [0.1, 0.15) is 11.9 Å². The summed E-state index contributed by atoms with van der Waals surface area (Å²) in [6.07, 6.45) is 2.33. The second-order valence-electron chi connectivity index (χ2n) is 6.37. The van der Waals surface area contributed by atoms with Crippen molar-refractivity contribution in [3.05, 3.63) is 29.6 Å². The molecule has 0 spiro atoms. The van der Waals surface area contributed by atoms with Gasteiger partial charge in [-0.15, -0.1) is 0 Å². The van der Waals surface area contributed by atoms with Crippen LogP contribution in [0.25, 0.3) is 0 Å². The lowest BCUT2D eigenvalue weighted by Crippen LogP contribution is -2.46. The van der Waals surface area contributed by atoms with Gasteiger partial charge >= 0.3 is 0 Å². The van der Waals surface area contributed by atoms with Crippen molar-refractivity contribution in [2.24, 2.45) is 5.92 Å². The second-order valence-corrected chi connectivity index (χ2v) is 6.37. The van der Waals surface area contributed by atoms with Gasteiger partial charge in [0.2, 0.25) is 5.91 Å². The van der Waals surface area contributed by atoms with Crippen LogP contribution in [0.1, 0.15) is 25.7 Å². The highest BCUT2D eigenvalue weighted by atomic mass is 19.1. The molecule has 0 radical (unpaired) electrons. The molecule has 2 aliphatic heterocycles. The molecule has 0 atom stereocenters. The van der Waals surface area contributed by atoms with Crippen LogP contribution in [0, 0.1) is 23.4 Å². The number of likely N-dealkylation sites (tertiary alicyclic amines) is 1. The molecule has 4 nitrogen and oxygen atoms in total. The van der Waals surface area contributed by atoms with E-state index in [1.165, 1.54) is 0 Å². The Morgan fingerprint density at radius 2 is 1.62 bits per heavy atom. The third-order valence-electron chi connectivity index (χ3n) is 4.69. The molecule has 1 N–H and O–H groups in total. The lowest BCUT2D eigenvalue weighted by molar-refractivity contribution is -0.138. The number of nitrogens with zero attached hydrogens (tertiary/aromatic N) is 1. The number of nitrogens with one attached hydrogen (secondary N) is 1. The fourth-order valence-corrected chi connectivity index (χ4v) is 3.33. The Morgan fingerprint density at radius 3 is 2.21 bits per heavy atom. The summed E-state index contributed by atoms with van der Waals surface area (Å²) in [5, 5.41) is 3.23. The highest BCUT2D eigenvalue weighted by molar-refractivity contribution is 5.79. The first-order valence-corrected chi connectivity index (χ1v) is 8.35. The minimum atomic E-state index is -1.04. The first-order valence-electron chi connectivity index (χ1n) is 8.35. The quantitative estimate of drug-likeness (QED) is 0.918. The van der Waals surface area contributed by atoms with Crippen LogP contribution in [-0.4, -0.2) is 43.1 Å². The number of piperidine rings is 2. The monoisotopic (exact) mass is 342 g/mol. The summed E-state index contributed by atoms with van der Waals surface area (Å²) in [4.78, 5) is 14.3. The molecule has 132 valence electrons.